The summed E-state index contributed by atoms with van der Waals surface area (Å²) in [6, 6.07) is 0. The fraction of sp³-hybridized carbons (Fsp3) is 0.500. The number of carbonyl (C=O) groups is 1. The Morgan fingerprint density at radius 1 is 1.67 bits per heavy atom. The number of carbonyl (C=O) groups excluding carboxylic acids is 1. The average Bonchev–Trinajstić information content (AvgIpc) is 2.14. The third kappa shape index (κ3) is 1.22. The van der Waals surface area contributed by atoms with Crippen LogP contribution in [0.2, 0.25) is 0 Å². The van der Waals surface area contributed by atoms with Crippen LogP contribution in [0.15, 0.2) is 9.98 Å². The van der Waals surface area contributed by atoms with Crippen molar-refractivity contribution in [2.24, 2.45) is 9.98 Å². The average molecular weight is 124 g/mol. The lowest BCUT2D eigenvalue weighted by Crippen LogP contribution is -2.10. The molecule has 0 N–H and O–H groups in total. The van der Waals surface area contributed by atoms with Gasteiger partial charge < -0.3 is 0 Å². The van der Waals surface area contributed by atoms with E-state index in [4.69, 9.17) is 0 Å². The van der Waals surface area contributed by atoms with Gasteiger partial charge in [0.15, 0.2) is 5.78 Å². The molecule has 0 radical (unpaired) electrons. The predicted molar refractivity (Wildman–Crippen MR) is 36.1 cm³/mol. The minimum atomic E-state index is 0.0237. The zero-order valence-electron chi connectivity index (χ0n) is 5.51. The highest BCUT2D eigenvalue weighted by Gasteiger charge is 2.09. The number of rotatable bonds is 1. The summed E-state index contributed by atoms with van der Waals surface area (Å²) in [5, 5.41) is 0. The number of ketones is 1. The standard InChI is InChI=1S/C6H8N2O/c1-4(9)6-3-7-5(2)8-6/h3H2,1-2H3. The minimum absolute atomic E-state index is 0.0237. The maximum Gasteiger partial charge on any atom is 0.175 e. The second kappa shape index (κ2) is 2.09. The summed E-state index contributed by atoms with van der Waals surface area (Å²) in [5.41, 5.74) is 0.576. The number of aliphatic imine (C=N–C) groups is 2. The molecule has 0 amide bonds. The Bertz CT molecular complexity index is 203. The van der Waals surface area contributed by atoms with Crippen LogP contribution in [0, 0.1) is 0 Å². The molecule has 1 heterocycles. The lowest BCUT2D eigenvalue weighted by Gasteiger charge is -1.85. The third-order valence-corrected chi connectivity index (χ3v) is 1.16. The van der Waals surface area contributed by atoms with Crippen LogP contribution in [-0.2, 0) is 4.79 Å². The van der Waals surface area contributed by atoms with Crippen molar-refractivity contribution < 1.29 is 4.79 Å². The maximum atomic E-state index is 10.6. The number of amidine groups is 1. The second-order valence-corrected chi connectivity index (χ2v) is 1.98. The molecule has 1 rings (SSSR count). The molecule has 1 aliphatic rings. The topological polar surface area (TPSA) is 41.8 Å². The van der Waals surface area contributed by atoms with Crippen LogP contribution >= 0.6 is 0 Å². The van der Waals surface area contributed by atoms with Crippen LogP contribution in [0.25, 0.3) is 0 Å². The van der Waals surface area contributed by atoms with Gasteiger partial charge in [-0.1, -0.05) is 0 Å². The Morgan fingerprint density at radius 3 is 2.56 bits per heavy atom. The molecule has 0 aromatic heterocycles. The normalized spacial score (nSPS) is 17.1. The Morgan fingerprint density at radius 2 is 2.33 bits per heavy atom. The molecular weight excluding hydrogens is 116 g/mol. The molecule has 3 heteroatoms. The van der Waals surface area contributed by atoms with Gasteiger partial charge in [0.25, 0.3) is 0 Å². The van der Waals surface area contributed by atoms with Crippen molar-refractivity contribution in [1.82, 2.24) is 0 Å². The number of hydrogen-bond acceptors (Lipinski definition) is 3. The van der Waals surface area contributed by atoms with Gasteiger partial charge in [-0.15, -0.1) is 0 Å². The van der Waals surface area contributed by atoms with Gasteiger partial charge in [0.1, 0.15) is 11.5 Å². The highest BCUT2D eigenvalue weighted by molar-refractivity contribution is 6.42. The van der Waals surface area contributed by atoms with Gasteiger partial charge in [-0.25, -0.2) is 4.99 Å². The quantitative estimate of drug-likeness (QED) is 0.500. The molecule has 0 bridgehead atoms. The van der Waals surface area contributed by atoms with E-state index in [2.05, 4.69) is 9.98 Å². The molecule has 3 nitrogen and oxygen atoms in total. The van der Waals surface area contributed by atoms with E-state index in [0.29, 0.717) is 18.1 Å². The summed E-state index contributed by atoms with van der Waals surface area (Å²) >= 11 is 0. The van der Waals surface area contributed by atoms with E-state index >= 15 is 0 Å². The summed E-state index contributed by atoms with van der Waals surface area (Å²) in [6.45, 7) is 3.77. The van der Waals surface area contributed by atoms with Gasteiger partial charge in [0.2, 0.25) is 0 Å². The zero-order valence-corrected chi connectivity index (χ0v) is 5.51. The second-order valence-electron chi connectivity index (χ2n) is 1.98. The van der Waals surface area contributed by atoms with Gasteiger partial charge in [-0.05, 0) is 6.92 Å². The van der Waals surface area contributed by atoms with E-state index in [1.54, 1.807) is 6.92 Å². The van der Waals surface area contributed by atoms with Crippen LogP contribution < -0.4 is 0 Å². The maximum absolute atomic E-state index is 10.6. The van der Waals surface area contributed by atoms with Crippen LogP contribution in [0.4, 0.5) is 0 Å². The lowest BCUT2D eigenvalue weighted by molar-refractivity contribution is -0.111. The van der Waals surface area contributed by atoms with Gasteiger partial charge in [-0.2, -0.15) is 0 Å². The van der Waals surface area contributed by atoms with Crippen molar-refractivity contribution in [2.45, 2.75) is 13.8 Å². The first-order chi connectivity index (χ1) is 4.20. The van der Waals surface area contributed by atoms with Gasteiger partial charge in [0.05, 0.1) is 6.54 Å². The molecule has 0 unspecified atom stereocenters. The van der Waals surface area contributed by atoms with Crippen molar-refractivity contribution in [3.8, 4) is 0 Å². The van der Waals surface area contributed by atoms with Crippen LogP contribution in [0.3, 0.4) is 0 Å². The van der Waals surface area contributed by atoms with Crippen molar-refractivity contribution >= 4 is 17.3 Å². The van der Waals surface area contributed by atoms with Gasteiger partial charge in [0, 0.05) is 6.92 Å². The Kier molecular flexibility index (Phi) is 1.42. The Labute approximate surface area is 53.5 Å². The SMILES string of the molecule is CC(=O)C1=NC(C)=NC1. The fourth-order valence-corrected chi connectivity index (χ4v) is 0.645. The van der Waals surface area contributed by atoms with Gasteiger partial charge in [-0.3, -0.25) is 9.79 Å². The van der Waals surface area contributed by atoms with E-state index in [-0.39, 0.29) is 5.78 Å². The molecule has 0 fully saturated rings. The van der Waals surface area contributed by atoms with E-state index in [1.165, 1.54) is 6.92 Å². The first-order valence-electron chi connectivity index (χ1n) is 2.79. The van der Waals surface area contributed by atoms with Crippen molar-refractivity contribution in [3.63, 3.8) is 0 Å². The summed E-state index contributed by atoms with van der Waals surface area (Å²) in [4.78, 5) is 18.4. The highest BCUT2D eigenvalue weighted by atomic mass is 16.1. The molecule has 0 saturated carbocycles. The monoisotopic (exact) mass is 124 g/mol. The lowest BCUT2D eigenvalue weighted by atomic mass is 10.3. The molecule has 0 saturated heterocycles. The molecule has 0 aromatic carbocycles. The molecule has 48 valence electrons. The molecule has 0 aliphatic carbocycles. The molecule has 1 aliphatic heterocycles. The van der Waals surface area contributed by atoms with Gasteiger partial charge >= 0.3 is 0 Å². The number of hydrogen-bond donors (Lipinski definition) is 0. The van der Waals surface area contributed by atoms with Crippen molar-refractivity contribution in [2.75, 3.05) is 6.54 Å². The smallest absolute Gasteiger partial charge is 0.175 e. The largest absolute Gasteiger partial charge is 0.293 e. The van der Waals surface area contributed by atoms with Crippen molar-refractivity contribution in [1.29, 1.82) is 0 Å². The summed E-state index contributed by atoms with van der Waals surface area (Å²) in [6.07, 6.45) is 0. The van der Waals surface area contributed by atoms with Crippen LogP contribution in [0.1, 0.15) is 13.8 Å². The van der Waals surface area contributed by atoms with Crippen LogP contribution in [0.5, 0.6) is 0 Å². The summed E-state index contributed by atoms with van der Waals surface area (Å²) in [7, 11) is 0. The molecule has 0 aromatic rings. The number of Topliss-reactive ketones (excluding diaryl/α,β-unsaturated/α-hetero) is 1. The third-order valence-electron chi connectivity index (χ3n) is 1.16. The van der Waals surface area contributed by atoms with E-state index in [9.17, 15) is 4.79 Å². The molecular formula is C6H8N2O. The Balaban J connectivity index is 2.71. The fourth-order valence-electron chi connectivity index (χ4n) is 0.645. The van der Waals surface area contributed by atoms with E-state index in [0.717, 1.165) is 0 Å². The minimum Gasteiger partial charge on any atom is -0.293 e. The first-order valence-corrected chi connectivity index (χ1v) is 2.79. The molecule has 0 spiro atoms. The zero-order chi connectivity index (χ0) is 6.85. The Hall–Kier alpha value is -0.990. The van der Waals surface area contributed by atoms with Crippen LogP contribution in [-0.4, -0.2) is 23.9 Å². The molecule has 0 atom stereocenters. The van der Waals surface area contributed by atoms with Crippen molar-refractivity contribution in [3.05, 3.63) is 0 Å². The summed E-state index contributed by atoms with van der Waals surface area (Å²) < 4.78 is 0. The molecule has 9 heavy (non-hydrogen) atoms. The van der Waals surface area contributed by atoms with E-state index < -0.39 is 0 Å². The highest BCUT2D eigenvalue weighted by Crippen LogP contribution is 1.95. The predicted octanol–water partition coefficient (Wildman–Crippen LogP) is 0.448. The van der Waals surface area contributed by atoms with E-state index in [1.807, 2.05) is 0 Å². The first kappa shape index (κ1) is 6.13. The number of nitrogens with zero attached hydrogens (tertiary/aromatic N) is 2. The summed E-state index contributed by atoms with van der Waals surface area (Å²) in [5.74, 6) is 0.732.